The first kappa shape index (κ1) is 18.6. The van der Waals surface area contributed by atoms with Gasteiger partial charge in [0.05, 0.1) is 0 Å². The Morgan fingerprint density at radius 3 is 1.86 bits per heavy atom. The first-order chi connectivity index (χ1) is 14.2. The predicted octanol–water partition coefficient (Wildman–Crippen LogP) is 2.59. The monoisotopic (exact) mass is 387 g/mol. The Morgan fingerprint density at radius 2 is 1.28 bits per heavy atom. The summed E-state index contributed by atoms with van der Waals surface area (Å²) in [5.74, 6) is -0.373. The third-order valence-electron chi connectivity index (χ3n) is 4.76. The lowest BCUT2D eigenvalue weighted by Gasteiger charge is -2.33. The minimum absolute atomic E-state index is 0.409. The first-order valence-corrected chi connectivity index (χ1v) is 9.44. The van der Waals surface area contributed by atoms with Crippen molar-refractivity contribution in [2.45, 2.75) is 13.1 Å². The molecule has 1 aliphatic heterocycles. The van der Waals surface area contributed by atoms with Crippen molar-refractivity contribution in [3.8, 4) is 0 Å². The van der Waals surface area contributed by atoms with Crippen molar-refractivity contribution in [1.82, 2.24) is 19.8 Å². The molecule has 7 nitrogen and oxygen atoms in total. The number of carbonyl (C=O) groups is 2. The van der Waals surface area contributed by atoms with Crippen LogP contribution in [0.4, 0.5) is 11.6 Å². The normalized spacial score (nSPS) is 14.2. The van der Waals surface area contributed by atoms with E-state index in [2.05, 4.69) is 15.3 Å². The van der Waals surface area contributed by atoms with Crippen LogP contribution in [-0.2, 0) is 22.7 Å². The molecule has 4 rings (SSSR count). The van der Waals surface area contributed by atoms with Crippen molar-refractivity contribution in [3.63, 3.8) is 0 Å². The molecule has 1 aromatic heterocycles. The Balaban J connectivity index is 1.35. The van der Waals surface area contributed by atoms with Crippen LogP contribution in [0.25, 0.3) is 0 Å². The summed E-state index contributed by atoms with van der Waals surface area (Å²) in [7, 11) is 0. The molecule has 3 aromatic rings. The molecule has 2 aromatic carbocycles. The minimum Gasteiger partial charge on any atom is -0.328 e. The van der Waals surface area contributed by atoms with Crippen LogP contribution in [0.15, 0.2) is 73.1 Å². The van der Waals surface area contributed by atoms with Gasteiger partial charge in [-0.1, -0.05) is 42.5 Å². The average Bonchev–Trinajstić information content (AvgIpc) is 2.76. The van der Waals surface area contributed by atoms with Crippen molar-refractivity contribution in [2.24, 2.45) is 0 Å². The summed E-state index contributed by atoms with van der Waals surface area (Å²) >= 11 is 0. The molecule has 0 radical (unpaired) electrons. The van der Waals surface area contributed by atoms with Gasteiger partial charge in [-0.05, 0) is 29.3 Å². The van der Waals surface area contributed by atoms with Crippen LogP contribution < -0.4 is 5.32 Å². The highest BCUT2D eigenvalue weighted by atomic mass is 16.2. The van der Waals surface area contributed by atoms with Gasteiger partial charge in [0.15, 0.2) is 0 Å². The number of nitrogens with one attached hydrogen (secondary N) is 1. The lowest BCUT2D eigenvalue weighted by Crippen LogP contribution is -2.53. The quantitative estimate of drug-likeness (QED) is 0.658. The number of rotatable bonds is 6. The molecule has 1 saturated heterocycles. The molecule has 146 valence electrons. The summed E-state index contributed by atoms with van der Waals surface area (Å²) in [5.41, 5.74) is 2.84. The molecule has 0 saturated carbocycles. The molecule has 0 unspecified atom stereocenters. The highest BCUT2D eigenvalue weighted by Gasteiger charge is 2.32. The van der Waals surface area contributed by atoms with E-state index in [0.29, 0.717) is 32.1 Å². The van der Waals surface area contributed by atoms with Gasteiger partial charge >= 0.3 is 11.8 Å². The van der Waals surface area contributed by atoms with Crippen LogP contribution >= 0.6 is 0 Å². The lowest BCUT2D eigenvalue weighted by atomic mass is 10.1. The van der Waals surface area contributed by atoms with Gasteiger partial charge in [0.25, 0.3) is 0 Å². The SMILES string of the molecule is O=C1C(=O)N(Cc2ccc(Nc3ncccn3)cc2)CCN1Cc1ccccc1. The maximum atomic E-state index is 12.5. The van der Waals surface area contributed by atoms with Crippen LogP contribution in [0.3, 0.4) is 0 Å². The molecule has 29 heavy (non-hydrogen) atoms. The highest BCUT2D eigenvalue weighted by molar-refractivity contribution is 6.35. The maximum Gasteiger partial charge on any atom is 0.312 e. The number of amides is 2. The van der Waals surface area contributed by atoms with Crippen molar-refractivity contribution in [2.75, 3.05) is 18.4 Å². The van der Waals surface area contributed by atoms with E-state index in [0.717, 1.165) is 16.8 Å². The van der Waals surface area contributed by atoms with Crippen LogP contribution in [0, 0.1) is 0 Å². The van der Waals surface area contributed by atoms with E-state index >= 15 is 0 Å². The van der Waals surface area contributed by atoms with E-state index in [-0.39, 0.29) is 0 Å². The number of anilines is 2. The fourth-order valence-corrected chi connectivity index (χ4v) is 3.23. The van der Waals surface area contributed by atoms with Crippen LogP contribution in [0.5, 0.6) is 0 Å². The third kappa shape index (κ3) is 4.57. The largest absolute Gasteiger partial charge is 0.328 e. The fourth-order valence-electron chi connectivity index (χ4n) is 3.23. The number of hydrogen-bond acceptors (Lipinski definition) is 5. The van der Waals surface area contributed by atoms with Gasteiger partial charge in [0, 0.05) is 44.3 Å². The molecule has 7 heteroatoms. The Bertz CT molecular complexity index is 977. The summed E-state index contributed by atoms with van der Waals surface area (Å²) in [6.07, 6.45) is 3.34. The zero-order valence-electron chi connectivity index (χ0n) is 15.9. The number of benzene rings is 2. The van der Waals surface area contributed by atoms with E-state index in [4.69, 9.17) is 0 Å². The van der Waals surface area contributed by atoms with Gasteiger partial charge in [-0.25, -0.2) is 9.97 Å². The number of carbonyl (C=O) groups excluding carboxylic acids is 2. The Morgan fingerprint density at radius 1 is 0.724 bits per heavy atom. The molecule has 0 atom stereocenters. The van der Waals surface area contributed by atoms with E-state index < -0.39 is 11.8 Å². The first-order valence-electron chi connectivity index (χ1n) is 9.44. The predicted molar refractivity (Wildman–Crippen MR) is 109 cm³/mol. The molecule has 2 heterocycles. The van der Waals surface area contributed by atoms with Gasteiger partial charge in [0.1, 0.15) is 0 Å². The highest BCUT2D eigenvalue weighted by Crippen LogP contribution is 2.17. The number of hydrogen-bond donors (Lipinski definition) is 1. The molecule has 0 bridgehead atoms. The van der Waals surface area contributed by atoms with Gasteiger partial charge in [-0.2, -0.15) is 0 Å². The summed E-state index contributed by atoms with van der Waals surface area (Å²) in [5, 5.41) is 3.12. The Labute approximate surface area is 169 Å². The summed E-state index contributed by atoms with van der Waals surface area (Å²) in [6.45, 7) is 1.92. The van der Waals surface area contributed by atoms with E-state index in [1.807, 2.05) is 54.6 Å². The second-order valence-electron chi connectivity index (χ2n) is 6.83. The van der Waals surface area contributed by atoms with Crippen LogP contribution in [-0.4, -0.2) is 44.7 Å². The average molecular weight is 387 g/mol. The molecule has 0 spiro atoms. The van der Waals surface area contributed by atoms with E-state index in [1.54, 1.807) is 28.3 Å². The molecule has 1 aliphatic rings. The smallest absolute Gasteiger partial charge is 0.312 e. The number of piperazine rings is 1. The zero-order valence-corrected chi connectivity index (χ0v) is 15.9. The van der Waals surface area contributed by atoms with E-state index in [9.17, 15) is 9.59 Å². The molecule has 0 aliphatic carbocycles. The maximum absolute atomic E-state index is 12.5. The van der Waals surface area contributed by atoms with Crippen molar-refractivity contribution in [1.29, 1.82) is 0 Å². The van der Waals surface area contributed by atoms with Gasteiger partial charge in [0.2, 0.25) is 5.95 Å². The van der Waals surface area contributed by atoms with Crippen molar-refractivity contribution >= 4 is 23.5 Å². The molecule has 1 fully saturated rings. The van der Waals surface area contributed by atoms with Crippen molar-refractivity contribution in [3.05, 3.63) is 84.2 Å². The standard InChI is InChI=1S/C22H21N5O2/c28-20-21(29)27(14-13-26(20)15-17-5-2-1-3-6-17)16-18-7-9-19(10-8-18)25-22-23-11-4-12-24-22/h1-12H,13-16H2,(H,23,24,25). The van der Waals surface area contributed by atoms with Gasteiger partial charge in [-0.15, -0.1) is 0 Å². The number of aromatic nitrogens is 2. The van der Waals surface area contributed by atoms with Crippen molar-refractivity contribution < 1.29 is 9.59 Å². The van der Waals surface area contributed by atoms with Gasteiger partial charge in [-0.3, -0.25) is 9.59 Å². The molecular weight excluding hydrogens is 366 g/mol. The Kier molecular flexibility index (Phi) is 5.47. The number of nitrogens with zero attached hydrogens (tertiary/aromatic N) is 4. The molecule has 2 amide bonds. The van der Waals surface area contributed by atoms with Crippen LogP contribution in [0.1, 0.15) is 11.1 Å². The van der Waals surface area contributed by atoms with Crippen LogP contribution in [0.2, 0.25) is 0 Å². The summed E-state index contributed by atoms with van der Waals surface area (Å²) in [4.78, 5) is 36.5. The topological polar surface area (TPSA) is 78.4 Å². The minimum atomic E-state index is -0.452. The summed E-state index contributed by atoms with van der Waals surface area (Å²) in [6, 6.07) is 19.1. The second kappa shape index (κ2) is 8.52. The zero-order chi connectivity index (χ0) is 20.1. The van der Waals surface area contributed by atoms with E-state index in [1.165, 1.54) is 0 Å². The third-order valence-corrected chi connectivity index (χ3v) is 4.76. The molecule has 1 N–H and O–H groups in total. The fraction of sp³-hybridized carbons (Fsp3) is 0.182. The lowest BCUT2D eigenvalue weighted by molar-refractivity contribution is -0.156. The summed E-state index contributed by atoms with van der Waals surface area (Å²) < 4.78 is 0. The molecular formula is C22H21N5O2. The Hall–Kier alpha value is -3.74. The second-order valence-corrected chi connectivity index (χ2v) is 6.83. The van der Waals surface area contributed by atoms with Gasteiger partial charge < -0.3 is 15.1 Å².